The summed E-state index contributed by atoms with van der Waals surface area (Å²) in [4.78, 5) is 4.83. The molecule has 0 aliphatic rings. The maximum Gasteiger partial charge on any atom is 0.0781 e. The summed E-state index contributed by atoms with van der Waals surface area (Å²) < 4.78 is 0. The standard InChI is InChI=1S/C27H24N4O/c1-18-23-14-21(12-13-25(23)31-30-18)24-15-22(16-28-27(24)20-10-6-3-7-11-20)29-26(17-32)19-8-4-2-5-9-19/h2-16,26,29,32H,17H2,1H3,(H,30,31). The molecule has 2 aromatic heterocycles. The topological polar surface area (TPSA) is 73.8 Å². The Bertz CT molecular complexity index is 1350. The van der Waals surface area contributed by atoms with Gasteiger partial charge in [0.2, 0.25) is 0 Å². The number of pyridine rings is 1. The third kappa shape index (κ3) is 3.86. The molecule has 5 nitrogen and oxygen atoms in total. The fraction of sp³-hybridized carbons (Fsp3) is 0.111. The fourth-order valence-corrected chi connectivity index (χ4v) is 4.02. The van der Waals surface area contributed by atoms with Crippen LogP contribution in [0.5, 0.6) is 0 Å². The Hall–Kier alpha value is -3.96. The Labute approximate surface area is 186 Å². The van der Waals surface area contributed by atoms with Gasteiger partial charge in [-0.2, -0.15) is 5.10 Å². The largest absolute Gasteiger partial charge is 0.394 e. The number of aromatic amines is 1. The van der Waals surface area contributed by atoms with Crippen molar-refractivity contribution in [3.8, 4) is 22.4 Å². The van der Waals surface area contributed by atoms with Crippen molar-refractivity contribution in [3.05, 3.63) is 102 Å². The first kappa shape index (κ1) is 20.0. The maximum absolute atomic E-state index is 9.99. The SMILES string of the molecule is Cc1n[nH]c2ccc(-c3cc(NC(CO)c4ccccc4)cnc3-c3ccccc3)cc12. The Balaban J connectivity index is 1.61. The zero-order chi connectivity index (χ0) is 21.9. The van der Waals surface area contributed by atoms with Gasteiger partial charge in [-0.1, -0.05) is 66.7 Å². The van der Waals surface area contributed by atoms with Crippen molar-refractivity contribution in [2.24, 2.45) is 0 Å². The molecule has 0 amide bonds. The molecule has 0 saturated heterocycles. The summed E-state index contributed by atoms with van der Waals surface area (Å²) in [5.41, 5.74) is 7.92. The van der Waals surface area contributed by atoms with Crippen LogP contribution in [0.3, 0.4) is 0 Å². The lowest BCUT2D eigenvalue weighted by Gasteiger charge is -2.19. The lowest BCUT2D eigenvalue weighted by atomic mass is 9.97. The minimum atomic E-state index is -0.216. The average Bonchev–Trinajstić information content (AvgIpc) is 3.23. The Morgan fingerprint density at radius 2 is 1.66 bits per heavy atom. The van der Waals surface area contributed by atoms with Crippen molar-refractivity contribution in [1.29, 1.82) is 0 Å². The van der Waals surface area contributed by atoms with E-state index in [-0.39, 0.29) is 12.6 Å². The van der Waals surface area contributed by atoms with Crippen LogP contribution in [-0.2, 0) is 0 Å². The lowest BCUT2D eigenvalue weighted by Crippen LogP contribution is -2.15. The van der Waals surface area contributed by atoms with Crippen LogP contribution < -0.4 is 5.32 Å². The van der Waals surface area contributed by atoms with Gasteiger partial charge in [-0.3, -0.25) is 10.1 Å². The Morgan fingerprint density at radius 3 is 2.41 bits per heavy atom. The van der Waals surface area contributed by atoms with Crippen LogP contribution >= 0.6 is 0 Å². The first-order valence-corrected chi connectivity index (χ1v) is 10.7. The van der Waals surface area contributed by atoms with Gasteiger partial charge in [0.05, 0.1) is 41.4 Å². The van der Waals surface area contributed by atoms with Crippen LogP contribution in [0.2, 0.25) is 0 Å². The number of nitrogens with one attached hydrogen (secondary N) is 2. The Morgan fingerprint density at radius 1 is 0.906 bits per heavy atom. The van der Waals surface area contributed by atoms with Crippen LogP contribution in [0.25, 0.3) is 33.3 Å². The minimum absolute atomic E-state index is 0.0139. The van der Waals surface area contributed by atoms with E-state index in [1.165, 1.54) is 0 Å². The molecule has 0 fully saturated rings. The fourth-order valence-electron chi connectivity index (χ4n) is 4.02. The third-order valence-corrected chi connectivity index (χ3v) is 5.72. The van der Waals surface area contributed by atoms with Crippen molar-refractivity contribution in [2.45, 2.75) is 13.0 Å². The third-order valence-electron chi connectivity index (χ3n) is 5.72. The van der Waals surface area contributed by atoms with Crippen molar-refractivity contribution in [3.63, 3.8) is 0 Å². The van der Waals surface area contributed by atoms with E-state index in [4.69, 9.17) is 4.98 Å². The van der Waals surface area contributed by atoms with E-state index in [0.717, 1.165) is 50.2 Å². The summed E-state index contributed by atoms with van der Waals surface area (Å²) in [6.07, 6.45) is 1.83. The van der Waals surface area contributed by atoms with Crippen LogP contribution in [-0.4, -0.2) is 26.9 Å². The summed E-state index contributed by atoms with van der Waals surface area (Å²) in [6, 6.07) is 28.3. The second-order valence-corrected chi connectivity index (χ2v) is 7.85. The summed E-state index contributed by atoms with van der Waals surface area (Å²) in [6.45, 7) is 1.99. The number of aliphatic hydroxyl groups excluding tert-OH is 1. The van der Waals surface area contributed by atoms with Crippen LogP contribution in [0.1, 0.15) is 17.3 Å². The number of hydrogen-bond acceptors (Lipinski definition) is 4. The van der Waals surface area contributed by atoms with Gasteiger partial charge in [-0.25, -0.2) is 0 Å². The molecule has 5 rings (SSSR count). The molecular weight excluding hydrogens is 396 g/mol. The van der Waals surface area contributed by atoms with Crippen molar-refractivity contribution < 1.29 is 5.11 Å². The van der Waals surface area contributed by atoms with Crippen molar-refractivity contribution in [2.75, 3.05) is 11.9 Å². The van der Waals surface area contributed by atoms with Crippen LogP contribution in [0, 0.1) is 6.92 Å². The second kappa shape index (κ2) is 8.65. The number of benzene rings is 3. The molecule has 0 aliphatic heterocycles. The number of aliphatic hydroxyl groups is 1. The summed E-state index contributed by atoms with van der Waals surface area (Å²) >= 11 is 0. The summed E-state index contributed by atoms with van der Waals surface area (Å²) in [5, 5.41) is 21.9. The van der Waals surface area contributed by atoms with E-state index in [0.29, 0.717) is 0 Å². The molecule has 32 heavy (non-hydrogen) atoms. The zero-order valence-electron chi connectivity index (χ0n) is 17.8. The molecule has 3 aromatic carbocycles. The number of rotatable bonds is 6. The van der Waals surface area contributed by atoms with Crippen molar-refractivity contribution in [1.82, 2.24) is 15.2 Å². The number of aryl methyl sites for hydroxylation is 1. The minimum Gasteiger partial charge on any atom is -0.394 e. The molecule has 1 unspecified atom stereocenters. The first-order chi connectivity index (χ1) is 15.7. The molecule has 1 atom stereocenters. The number of fused-ring (bicyclic) bond motifs is 1. The molecule has 0 spiro atoms. The van der Waals surface area contributed by atoms with Gasteiger partial charge in [0, 0.05) is 16.5 Å². The summed E-state index contributed by atoms with van der Waals surface area (Å²) in [7, 11) is 0. The number of hydrogen-bond donors (Lipinski definition) is 3. The molecule has 3 N–H and O–H groups in total. The maximum atomic E-state index is 9.99. The van der Waals surface area contributed by atoms with Gasteiger partial charge >= 0.3 is 0 Å². The highest BCUT2D eigenvalue weighted by Gasteiger charge is 2.15. The quantitative estimate of drug-likeness (QED) is 0.327. The monoisotopic (exact) mass is 420 g/mol. The smallest absolute Gasteiger partial charge is 0.0781 e. The second-order valence-electron chi connectivity index (χ2n) is 7.85. The highest BCUT2D eigenvalue weighted by Crippen LogP contribution is 2.35. The van der Waals surface area contributed by atoms with E-state index in [1.807, 2.05) is 61.7 Å². The van der Waals surface area contributed by atoms with Crippen LogP contribution in [0.15, 0.2) is 91.1 Å². The summed E-state index contributed by atoms with van der Waals surface area (Å²) in [5.74, 6) is 0. The van der Waals surface area contributed by atoms with Crippen LogP contribution in [0.4, 0.5) is 5.69 Å². The first-order valence-electron chi connectivity index (χ1n) is 10.7. The van der Waals surface area contributed by atoms with Gasteiger partial charge in [0.25, 0.3) is 0 Å². The molecule has 158 valence electrons. The van der Waals surface area contributed by atoms with Gasteiger partial charge in [0.1, 0.15) is 0 Å². The molecule has 0 aliphatic carbocycles. The number of aromatic nitrogens is 3. The van der Waals surface area contributed by atoms with Crippen molar-refractivity contribution >= 4 is 16.6 Å². The molecule has 0 saturated carbocycles. The van der Waals surface area contributed by atoms with E-state index in [9.17, 15) is 5.11 Å². The van der Waals surface area contributed by atoms with E-state index < -0.39 is 0 Å². The van der Waals surface area contributed by atoms with Gasteiger partial charge in [-0.05, 0) is 36.2 Å². The molecule has 0 bridgehead atoms. The van der Waals surface area contributed by atoms with E-state index in [2.05, 4.69) is 51.9 Å². The molecule has 5 aromatic rings. The molecule has 5 heteroatoms. The number of H-pyrrole nitrogens is 1. The molecule has 2 heterocycles. The lowest BCUT2D eigenvalue weighted by molar-refractivity contribution is 0.276. The van der Waals surface area contributed by atoms with Gasteiger partial charge in [0.15, 0.2) is 0 Å². The molecular formula is C27H24N4O. The van der Waals surface area contributed by atoms with E-state index >= 15 is 0 Å². The number of anilines is 1. The predicted molar refractivity (Wildman–Crippen MR) is 129 cm³/mol. The normalized spacial score (nSPS) is 12.1. The van der Waals surface area contributed by atoms with Gasteiger partial charge in [-0.15, -0.1) is 0 Å². The van der Waals surface area contributed by atoms with E-state index in [1.54, 1.807) is 0 Å². The average molecular weight is 421 g/mol. The van der Waals surface area contributed by atoms with Gasteiger partial charge < -0.3 is 10.4 Å². The highest BCUT2D eigenvalue weighted by atomic mass is 16.3. The zero-order valence-corrected chi connectivity index (χ0v) is 17.8. The predicted octanol–water partition coefficient (Wildman–Crippen LogP) is 5.75. The molecule has 0 radical (unpaired) electrons. The number of nitrogens with zero attached hydrogens (tertiary/aromatic N) is 2. The Kier molecular flexibility index (Phi) is 5.40. The highest BCUT2D eigenvalue weighted by molar-refractivity contribution is 5.90.